The molecule has 116 valence electrons. The van der Waals surface area contributed by atoms with E-state index in [1.165, 1.54) is 22.3 Å². The second-order valence-electron chi connectivity index (χ2n) is 5.89. The number of carbonyl (C=O) groups is 1. The summed E-state index contributed by atoms with van der Waals surface area (Å²) >= 11 is 0. The Morgan fingerprint density at radius 3 is 2.27 bits per heavy atom. The van der Waals surface area contributed by atoms with Crippen LogP contribution in [0, 0.1) is 27.7 Å². The molecule has 2 N–H and O–H groups in total. The zero-order valence-corrected chi connectivity index (χ0v) is 13.8. The largest absolute Gasteiger partial charge is 0.376 e. The summed E-state index contributed by atoms with van der Waals surface area (Å²) < 4.78 is 0. The van der Waals surface area contributed by atoms with Crippen molar-refractivity contribution in [1.82, 2.24) is 5.32 Å². The van der Waals surface area contributed by atoms with Crippen molar-refractivity contribution in [1.29, 1.82) is 0 Å². The Morgan fingerprint density at radius 1 is 0.955 bits per heavy atom. The van der Waals surface area contributed by atoms with Gasteiger partial charge in [-0.25, -0.2) is 0 Å². The number of rotatable bonds is 5. The molecule has 0 saturated carbocycles. The van der Waals surface area contributed by atoms with Crippen LogP contribution in [0.1, 0.15) is 27.8 Å². The standard InChI is InChI=1S/C19H24N2O/c1-13-6-5-7-17(10-13)11-20-18(22)12-21-19-15(3)8-14(2)9-16(19)4/h5-10,21H,11-12H2,1-4H3,(H,20,22). The number of benzene rings is 2. The minimum Gasteiger partial charge on any atom is -0.376 e. The van der Waals surface area contributed by atoms with E-state index in [4.69, 9.17) is 0 Å². The molecule has 0 aromatic heterocycles. The van der Waals surface area contributed by atoms with Crippen molar-refractivity contribution in [3.63, 3.8) is 0 Å². The van der Waals surface area contributed by atoms with Crippen LogP contribution in [-0.4, -0.2) is 12.5 Å². The van der Waals surface area contributed by atoms with Gasteiger partial charge in [-0.1, -0.05) is 47.5 Å². The Kier molecular flexibility index (Phi) is 5.21. The van der Waals surface area contributed by atoms with Crippen molar-refractivity contribution in [3.8, 4) is 0 Å². The van der Waals surface area contributed by atoms with Crippen molar-refractivity contribution >= 4 is 11.6 Å². The number of anilines is 1. The molecule has 0 saturated heterocycles. The van der Waals surface area contributed by atoms with Gasteiger partial charge in [0.15, 0.2) is 0 Å². The summed E-state index contributed by atoms with van der Waals surface area (Å²) in [6, 6.07) is 12.4. The maximum Gasteiger partial charge on any atom is 0.239 e. The Balaban J connectivity index is 1.88. The van der Waals surface area contributed by atoms with E-state index in [-0.39, 0.29) is 12.5 Å². The van der Waals surface area contributed by atoms with E-state index < -0.39 is 0 Å². The molecule has 0 unspecified atom stereocenters. The molecule has 0 heterocycles. The lowest BCUT2D eigenvalue weighted by molar-refractivity contribution is -0.119. The van der Waals surface area contributed by atoms with Crippen LogP contribution in [0.15, 0.2) is 36.4 Å². The molecule has 0 aliphatic heterocycles. The summed E-state index contributed by atoms with van der Waals surface area (Å²) in [5, 5.41) is 6.19. The SMILES string of the molecule is Cc1cccc(CNC(=O)CNc2c(C)cc(C)cc2C)c1. The quantitative estimate of drug-likeness (QED) is 0.884. The Labute approximate surface area is 132 Å². The van der Waals surface area contributed by atoms with Crippen molar-refractivity contribution in [2.75, 3.05) is 11.9 Å². The number of amides is 1. The minimum absolute atomic E-state index is 0.000816. The molecular weight excluding hydrogens is 272 g/mol. The molecule has 0 atom stereocenters. The molecule has 2 rings (SSSR count). The first-order valence-electron chi connectivity index (χ1n) is 7.59. The van der Waals surface area contributed by atoms with E-state index in [9.17, 15) is 4.79 Å². The fourth-order valence-electron chi connectivity index (χ4n) is 2.71. The fraction of sp³-hybridized carbons (Fsp3) is 0.316. The molecule has 2 aromatic rings. The van der Waals surface area contributed by atoms with E-state index in [1.54, 1.807) is 0 Å². The number of aryl methyl sites for hydroxylation is 4. The van der Waals surface area contributed by atoms with Gasteiger partial charge in [-0.05, 0) is 44.4 Å². The first-order chi connectivity index (χ1) is 10.5. The van der Waals surface area contributed by atoms with Gasteiger partial charge in [0.05, 0.1) is 6.54 Å². The smallest absolute Gasteiger partial charge is 0.239 e. The summed E-state index contributed by atoms with van der Waals surface area (Å²) in [5.74, 6) is 0.000816. The van der Waals surface area contributed by atoms with Crippen molar-refractivity contribution in [3.05, 3.63) is 64.2 Å². The molecule has 0 radical (unpaired) electrons. The summed E-state index contributed by atoms with van der Waals surface area (Å²) in [6.07, 6.45) is 0. The Bertz CT molecular complexity index is 654. The van der Waals surface area contributed by atoms with E-state index in [0.29, 0.717) is 6.54 Å². The second-order valence-corrected chi connectivity index (χ2v) is 5.89. The van der Waals surface area contributed by atoms with Gasteiger partial charge >= 0.3 is 0 Å². The lowest BCUT2D eigenvalue weighted by Gasteiger charge is -2.14. The lowest BCUT2D eigenvalue weighted by atomic mass is 10.1. The second kappa shape index (κ2) is 7.12. The fourth-order valence-corrected chi connectivity index (χ4v) is 2.71. The van der Waals surface area contributed by atoms with Crippen molar-refractivity contribution in [2.45, 2.75) is 34.2 Å². The molecular formula is C19H24N2O. The summed E-state index contributed by atoms with van der Waals surface area (Å²) in [5.41, 5.74) is 6.96. The minimum atomic E-state index is 0.000816. The van der Waals surface area contributed by atoms with Crippen molar-refractivity contribution < 1.29 is 4.79 Å². The molecule has 0 fully saturated rings. The van der Waals surface area contributed by atoms with Crippen LogP contribution in [0.2, 0.25) is 0 Å². The van der Waals surface area contributed by atoms with E-state index in [0.717, 1.165) is 11.3 Å². The van der Waals surface area contributed by atoms with Crippen LogP contribution in [0.4, 0.5) is 5.69 Å². The maximum absolute atomic E-state index is 12.0. The highest BCUT2D eigenvalue weighted by Gasteiger charge is 2.06. The van der Waals surface area contributed by atoms with E-state index in [2.05, 4.69) is 62.6 Å². The third-order valence-electron chi connectivity index (χ3n) is 3.67. The normalized spacial score (nSPS) is 10.4. The number of hydrogen-bond donors (Lipinski definition) is 2. The number of nitrogens with one attached hydrogen (secondary N) is 2. The first kappa shape index (κ1) is 16.1. The molecule has 0 spiro atoms. The van der Waals surface area contributed by atoms with E-state index >= 15 is 0 Å². The highest BCUT2D eigenvalue weighted by molar-refractivity contribution is 5.81. The van der Waals surface area contributed by atoms with Crippen molar-refractivity contribution in [2.24, 2.45) is 0 Å². The first-order valence-corrected chi connectivity index (χ1v) is 7.59. The number of hydrogen-bond acceptors (Lipinski definition) is 2. The molecule has 1 amide bonds. The molecule has 0 bridgehead atoms. The van der Waals surface area contributed by atoms with E-state index in [1.807, 2.05) is 12.1 Å². The predicted molar refractivity (Wildman–Crippen MR) is 92.2 cm³/mol. The number of carbonyl (C=O) groups excluding carboxylic acids is 1. The Morgan fingerprint density at radius 2 is 1.64 bits per heavy atom. The van der Waals surface area contributed by atoms with Crippen LogP contribution < -0.4 is 10.6 Å². The molecule has 0 aliphatic rings. The molecule has 3 heteroatoms. The molecule has 3 nitrogen and oxygen atoms in total. The molecule has 2 aromatic carbocycles. The molecule has 0 aliphatic carbocycles. The van der Waals surface area contributed by atoms with Gasteiger partial charge in [-0.3, -0.25) is 4.79 Å². The van der Waals surface area contributed by atoms with Gasteiger partial charge in [-0.15, -0.1) is 0 Å². The van der Waals surface area contributed by atoms with Gasteiger partial charge < -0.3 is 10.6 Å². The third-order valence-corrected chi connectivity index (χ3v) is 3.67. The Hall–Kier alpha value is -2.29. The predicted octanol–water partition coefficient (Wildman–Crippen LogP) is 3.65. The van der Waals surface area contributed by atoms with Crippen LogP contribution in [-0.2, 0) is 11.3 Å². The topological polar surface area (TPSA) is 41.1 Å². The van der Waals surface area contributed by atoms with Crippen LogP contribution in [0.3, 0.4) is 0 Å². The summed E-state index contributed by atoms with van der Waals surface area (Å²) in [6.45, 7) is 9.11. The highest BCUT2D eigenvalue weighted by atomic mass is 16.1. The van der Waals surface area contributed by atoms with Crippen LogP contribution in [0.25, 0.3) is 0 Å². The summed E-state index contributed by atoms with van der Waals surface area (Å²) in [7, 11) is 0. The average Bonchev–Trinajstić information content (AvgIpc) is 2.44. The highest BCUT2D eigenvalue weighted by Crippen LogP contribution is 2.21. The van der Waals surface area contributed by atoms with Gasteiger partial charge in [0, 0.05) is 12.2 Å². The zero-order chi connectivity index (χ0) is 16.1. The van der Waals surface area contributed by atoms with Gasteiger partial charge in [-0.2, -0.15) is 0 Å². The van der Waals surface area contributed by atoms with Gasteiger partial charge in [0.2, 0.25) is 5.91 Å². The van der Waals surface area contributed by atoms with Crippen LogP contribution >= 0.6 is 0 Å². The zero-order valence-electron chi connectivity index (χ0n) is 13.8. The average molecular weight is 296 g/mol. The van der Waals surface area contributed by atoms with Crippen LogP contribution in [0.5, 0.6) is 0 Å². The van der Waals surface area contributed by atoms with Gasteiger partial charge in [0.1, 0.15) is 0 Å². The monoisotopic (exact) mass is 296 g/mol. The maximum atomic E-state index is 12.0. The van der Waals surface area contributed by atoms with Gasteiger partial charge in [0.25, 0.3) is 0 Å². The lowest BCUT2D eigenvalue weighted by Crippen LogP contribution is -2.29. The summed E-state index contributed by atoms with van der Waals surface area (Å²) in [4.78, 5) is 12.0. The molecule has 22 heavy (non-hydrogen) atoms. The third kappa shape index (κ3) is 4.35.